The Morgan fingerprint density at radius 2 is 2.16 bits per heavy atom. The van der Waals surface area contributed by atoms with Crippen molar-refractivity contribution in [2.24, 2.45) is 0 Å². The molecule has 8 heteroatoms. The second-order valence-corrected chi connectivity index (χ2v) is 6.57. The van der Waals surface area contributed by atoms with E-state index in [0.29, 0.717) is 38.1 Å². The third-order valence-electron chi connectivity index (χ3n) is 5.13. The first-order valence-corrected chi connectivity index (χ1v) is 8.69. The van der Waals surface area contributed by atoms with Gasteiger partial charge < -0.3 is 15.4 Å². The smallest absolute Gasteiger partial charge is 0.257 e. The lowest BCUT2D eigenvalue weighted by Crippen LogP contribution is -2.49. The van der Waals surface area contributed by atoms with Crippen molar-refractivity contribution in [2.75, 3.05) is 25.4 Å². The number of likely N-dealkylation sites (tertiary alicyclic amines) is 1. The summed E-state index contributed by atoms with van der Waals surface area (Å²) in [5.41, 5.74) is 7.97. The van der Waals surface area contributed by atoms with E-state index in [-0.39, 0.29) is 11.9 Å². The second-order valence-electron chi connectivity index (χ2n) is 6.57. The molecule has 25 heavy (non-hydrogen) atoms. The minimum absolute atomic E-state index is 0.0211. The van der Waals surface area contributed by atoms with Crippen molar-refractivity contribution < 1.29 is 9.53 Å². The molecule has 0 atom stereocenters. The predicted octanol–water partition coefficient (Wildman–Crippen LogP) is 0.979. The number of fused-ring (bicyclic) bond motifs is 2. The number of aryl methyl sites for hydroxylation is 1. The van der Waals surface area contributed by atoms with E-state index in [1.165, 1.54) is 0 Å². The monoisotopic (exact) mass is 342 g/mol. The van der Waals surface area contributed by atoms with Gasteiger partial charge in [-0.15, -0.1) is 0 Å². The number of piperidine rings is 1. The number of nitrogens with zero attached hydrogens (tertiary/aromatic N) is 5. The zero-order valence-electron chi connectivity index (χ0n) is 14.3. The standard InChI is InChI=1S/C17H22N6O2/c1-2-23-11-13(10-20-23)15(24)22-6-4-17(5-7-22)14-12(3-8-25-17)9-19-16(18)21-14/h9-11H,2-8H2,1H3,(H2,18,19,21). The van der Waals surface area contributed by atoms with Crippen LogP contribution in [0.25, 0.3) is 0 Å². The summed E-state index contributed by atoms with van der Waals surface area (Å²) < 4.78 is 7.91. The number of aromatic nitrogens is 4. The van der Waals surface area contributed by atoms with E-state index in [4.69, 9.17) is 10.5 Å². The molecular formula is C17H22N6O2. The normalized spacial score (nSPS) is 19.0. The van der Waals surface area contributed by atoms with Gasteiger partial charge in [0, 0.05) is 32.0 Å². The van der Waals surface area contributed by atoms with Crippen LogP contribution in [0.4, 0.5) is 5.95 Å². The summed E-state index contributed by atoms with van der Waals surface area (Å²) in [6, 6.07) is 0. The minimum atomic E-state index is -0.449. The molecular weight excluding hydrogens is 320 g/mol. The summed E-state index contributed by atoms with van der Waals surface area (Å²) in [6.07, 6.45) is 7.46. The van der Waals surface area contributed by atoms with Gasteiger partial charge in [0.2, 0.25) is 5.95 Å². The predicted molar refractivity (Wildman–Crippen MR) is 90.8 cm³/mol. The van der Waals surface area contributed by atoms with Crippen LogP contribution in [-0.4, -0.2) is 50.3 Å². The van der Waals surface area contributed by atoms with Crippen molar-refractivity contribution in [3.05, 3.63) is 35.4 Å². The van der Waals surface area contributed by atoms with E-state index < -0.39 is 5.60 Å². The third-order valence-corrected chi connectivity index (χ3v) is 5.13. The Labute approximate surface area is 146 Å². The van der Waals surface area contributed by atoms with Crippen LogP contribution in [0, 0.1) is 0 Å². The Hall–Kier alpha value is -2.48. The lowest BCUT2D eigenvalue weighted by Gasteiger charge is -2.43. The molecule has 0 aliphatic carbocycles. The van der Waals surface area contributed by atoms with Crippen LogP contribution >= 0.6 is 0 Å². The number of carbonyl (C=O) groups is 1. The van der Waals surface area contributed by atoms with Crippen LogP contribution in [0.1, 0.15) is 41.4 Å². The van der Waals surface area contributed by atoms with Crippen molar-refractivity contribution in [2.45, 2.75) is 38.3 Å². The number of ether oxygens (including phenoxy) is 1. The molecule has 4 rings (SSSR count). The van der Waals surface area contributed by atoms with Gasteiger partial charge >= 0.3 is 0 Å². The van der Waals surface area contributed by atoms with Gasteiger partial charge in [0.25, 0.3) is 5.91 Å². The largest absolute Gasteiger partial charge is 0.368 e. The van der Waals surface area contributed by atoms with Crippen molar-refractivity contribution in [3.8, 4) is 0 Å². The highest BCUT2D eigenvalue weighted by atomic mass is 16.5. The number of nitrogens with two attached hydrogens (primary N) is 1. The molecule has 4 heterocycles. The Morgan fingerprint density at radius 1 is 1.36 bits per heavy atom. The Morgan fingerprint density at radius 3 is 2.88 bits per heavy atom. The SMILES string of the molecule is CCn1cc(C(=O)N2CCC3(CC2)OCCc2cnc(N)nc23)cn1. The van der Waals surface area contributed by atoms with Crippen LogP contribution < -0.4 is 5.73 Å². The Balaban J connectivity index is 1.52. The quantitative estimate of drug-likeness (QED) is 0.873. The van der Waals surface area contributed by atoms with Crippen molar-refractivity contribution in [1.82, 2.24) is 24.6 Å². The summed E-state index contributed by atoms with van der Waals surface area (Å²) in [6.45, 7) is 4.65. The topological polar surface area (TPSA) is 99.2 Å². The summed E-state index contributed by atoms with van der Waals surface area (Å²) >= 11 is 0. The number of nitrogen functional groups attached to an aromatic ring is 1. The fourth-order valence-electron chi connectivity index (χ4n) is 3.70. The molecule has 0 unspecified atom stereocenters. The molecule has 2 aromatic rings. The van der Waals surface area contributed by atoms with Gasteiger partial charge in [0.1, 0.15) is 5.60 Å². The second kappa shape index (κ2) is 6.11. The Bertz CT molecular complexity index is 794. The van der Waals surface area contributed by atoms with Crippen molar-refractivity contribution >= 4 is 11.9 Å². The Kier molecular flexibility index (Phi) is 3.91. The molecule has 2 aliphatic rings. The number of carbonyl (C=O) groups excluding carboxylic acids is 1. The fraction of sp³-hybridized carbons (Fsp3) is 0.529. The average Bonchev–Trinajstić information content (AvgIpc) is 3.12. The highest BCUT2D eigenvalue weighted by Gasteiger charge is 2.43. The maximum absolute atomic E-state index is 12.7. The number of hydrogen-bond acceptors (Lipinski definition) is 6. The zero-order chi connectivity index (χ0) is 17.4. The van der Waals surface area contributed by atoms with Crippen LogP contribution in [-0.2, 0) is 23.3 Å². The lowest BCUT2D eigenvalue weighted by atomic mass is 9.83. The minimum Gasteiger partial charge on any atom is -0.368 e. The van der Waals surface area contributed by atoms with Gasteiger partial charge in [-0.1, -0.05) is 0 Å². The summed E-state index contributed by atoms with van der Waals surface area (Å²) in [5, 5.41) is 4.19. The first-order chi connectivity index (χ1) is 12.1. The van der Waals surface area contributed by atoms with Gasteiger partial charge in [0.15, 0.2) is 0 Å². The van der Waals surface area contributed by atoms with E-state index in [0.717, 1.165) is 24.2 Å². The van der Waals surface area contributed by atoms with Crippen LogP contribution in [0.15, 0.2) is 18.6 Å². The lowest BCUT2D eigenvalue weighted by molar-refractivity contribution is -0.0966. The van der Waals surface area contributed by atoms with Gasteiger partial charge in [-0.2, -0.15) is 5.10 Å². The third kappa shape index (κ3) is 2.76. The zero-order valence-corrected chi connectivity index (χ0v) is 14.3. The first-order valence-electron chi connectivity index (χ1n) is 8.69. The molecule has 0 radical (unpaired) electrons. The first kappa shape index (κ1) is 16.0. The summed E-state index contributed by atoms with van der Waals surface area (Å²) in [7, 11) is 0. The molecule has 1 amide bonds. The highest BCUT2D eigenvalue weighted by Crippen LogP contribution is 2.40. The molecule has 0 aromatic carbocycles. The highest BCUT2D eigenvalue weighted by molar-refractivity contribution is 5.93. The molecule has 0 saturated carbocycles. The maximum Gasteiger partial charge on any atom is 0.257 e. The number of hydrogen-bond donors (Lipinski definition) is 1. The number of amides is 1. The average molecular weight is 342 g/mol. The van der Waals surface area contributed by atoms with E-state index in [2.05, 4.69) is 15.1 Å². The van der Waals surface area contributed by atoms with E-state index >= 15 is 0 Å². The molecule has 2 aliphatic heterocycles. The maximum atomic E-state index is 12.7. The molecule has 8 nitrogen and oxygen atoms in total. The van der Waals surface area contributed by atoms with Crippen molar-refractivity contribution in [3.63, 3.8) is 0 Å². The van der Waals surface area contributed by atoms with Crippen molar-refractivity contribution in [1.29, 1.82) is 0 Å². The van der Waals surface area contributed by atoms with Gasteiger partial charge in [-0.3, -0.25) is 9.48 Å². The van der Waals surface area contributed by atoms with E-state index in [1.807, 2.05) is 11.8 Å². The molecule has 0 bridgehead atoms. The van der Waals surface area contributed by atoms with Crippen LogP contribution in [0.3, 0.4) is 0 Å². The van der Waals surface area contributed by atoms with E-state index in [9.17, 15) is 4.79 Å². The fourth-order valence-corrected chi connectivity index (χ4v) is 3.70. The molecule has 132 valence electrons. The van der Waals surface area contributed by atoms with Crippen LogP contribution in [0.2, 0.25) is 0 Å². The number of anilines is 1. The molecule has 2 N–H and O–H groups in total. The van der Waals surface area contributed by atoms with Gasteiger partial charge in [0.05, 0.1) is 24.1 Å². The molecule has 1 saturated heterocycles. The molecule has 1 fully saturated rings. The molecule has 1 spiro atoms. The van der Waals surface area contributed by atoms with Gasteiger partial charge in [-0.25, -0.2) is 9.97 Å². The van der Waals surface area contributed by atoms with Gasteiger partial charge in [-0.05, 0) is 31.7 Å². The number of rotatable bonds is 2. The molecule has 2 aromatic heterocycles. The summed E-state index contributed by atoms with van der Waals surface area (Å²) in [5.74, 6) is 0.293. The summed E-state index contributed by atoms with van der Waals surface area (Å²) in [4.78, 5) is 23.1. The van der Waals surface area contributed by atoms with Crippen LogP contribution in [0.5, 0.6) is 0 Å². The van der Waals surface area contributed by atoms with E-state index in [1.54, 1.807) is 23.3 Å².